The zero-order valence-electron chi connectivity index (χ0n) is 13.5. The highest BCUT2D eigenvalue weighted by molar-refractivity contribution is 5.92. The van der Waals surface area contributed by atoms with Crippen molar-refractivity contribution in [3.05, 3.63) is 29.8 Å². The van der Waals surface area contributed by atoms with E-state index in [1.807, 2.05) is 29.2 Å². The van der Waals surface area contributed by atoms with Crippen molar-refractivity contribution in [2.24, 2.45) is 11.7 Å². The number of nitrogens with zero attached hydrogens (tertiary/aromatic N) is 1. The fourth-order valence-corrected chi connectivity index (χ4v) is 3.46. The van der Waals surface area contributed by atoms with Crippen LogP contribution in [0.4, 0.5) is 5.69 Å². The van der Waals surface area contributed by atoms with E-state index in [0.29, 0.717) is 6.42 Å². The van der Waals surface area contributed by atoms with E-state index < -0.39 is 0 Å². The predicted molar refractivity (Wildman–Crippen MR) is 89.9 cm³/mol. The lowest BCUT2D eigenvalue weighted by molar-refractivity contribution is -0.129. The predicted octanol–water partition coefficient (Wildman–Crippen LogP) is 1.92. The van der Waals surface area contributed by atoms with E-state index in [1.54, 1.807) is 0 Å². The van der Waals surface area contributed by atoms with Crippen LogP contribution >= 0.6 is 0 Å². The van der Waals surface area contributed by atoms with Crippen LogP contribution in [0.15, 0.2) is 24.3 Å². The van der Waals surface area contributed by atoms with Crippen molar-refractivity contribution < 1.29 is 9.59 Å². The summed E-state index contributed by atoms with van der Waals surface area (Å²) in [6, 6.07) is 7.75. The van der Waals surface area contributed by atoms with Crippen LogP contribution < -0.4 is 11.1 Å². The van der Waals surface area contributed by atoms with Crippen LogP contribution in [0.2, 0.25) is 0 Å². The smallest absolute Gasteiger partial charge is 0.227 e. The number of anilines is 1. The number of nitrogens with one attached hydrogen (secondary N) is 1. The van der Waals surface area contributed by atoms with E-state index in [4.69, 9.17) is 5.73 Å². The molecule has 0 radical (unpaired) electrons. The van der Waals surface area contributed by atoms with E-state index in [2.05, 4.69) is 5.32 Å². The first-order valence-corrected chi connectivity index (χ1v) is 8.55. The molecular weight excluding hydrogens is 290 g/mol. The average Bonchev–Trinajstić information content (AvgIpc) is 3.20. The topological polar surface area (TPSA) is 75.4 Å². The van der Waals surface area contributed by atoms with Crippen LogP contribution in [0.1, 0.15) is 37.7 Å². The van der Waals surface area contributed by atoms with Gasteiger partial charge in [-0.25, -0.2) is 0 Å². The Labute approximate surface area is 137 Å². The number of carbonyl (C=O) groups excluding carboxylic acids is 2. The summed E-state index contributed by atoms with van der Waals surface area (Å²) in [6.07, 6.45) is 5.23. The van der Waals surface area contributed by atoms with E-state index in [0.717, 1.165) is 56.4 Å². The number of amides is 2. The Bertz CT molecular complexity index is 564. The molecule has 2 fully saturated rings. The molecule has 2 aliphatic rings. The largest absolute Gasteiger partial charge is 0.342 e. The minimum atomic E-state index is 0.0291. The van der Waals surface area contributed by atoms with Gasteiger partial charge in [0.1, 0.15) is 0 Å². The van der Waals surface area contributed by atoms with E-state index >= 15 is 0 Å². The van der Waals surface area contributed by atoms with Gasteiger partial charge in [-0.2, -0.15) is 0 Å². The quantitative estimate of drug-likeness (QED) is 0.891. The molecule has 2 atom stereocenters. The summed E-state index contributed by atoms with van der Waals surface area (Å²) in [6.45, 7) is 1.77. The molecule has 0 bridgehead atoms. The van der Waals surface area contributed by atoms with Crippen molar-refractivity contribution in [1.82, 2.24) is 4.90 Å². The third-order valence-electron chi connectivity index (χ3n) is 4.88. The number of hydrogen-bond donors (Lipinski definition) is 2. The summed E-state index contributed by atoms with van der Waals surface area (Å²) in [5, 5.41) is 2.95. The molecule has 1 aliphatic carbocycles. The van der Waals surface area contributed by atoms with Crippen molar-refractivity contribution in [3.8, 4) is 0 Å². The molecule has 2 amide bonds. The molecule has 1 aliphatic heterocycles. The maximum atomic E-state index is 12.2. The number of likely N-dealkylation sites (tertiary alicyclic amines) is 1. The third-order valence-corrected chi connectivity index (χ3v) is 4.88. The monoisotopic (exact) mass is 315 g/mol. The first kappa shape index (κ1) is 16.0. The first-order chi connectivity index (χ1) is 11.1. The molecule has 5 heteroatoms. The van der Waals surface area contributed by atoms with E-state index in [1.165, 1.54) is 0 Å². The van der Waals surface area contributed by atoms with Crippen molar-refractivity contribution >= 4 is 17.5 Å². The molecule has 1 aromatic carbocycles. The van der Waals surface area contributed by atoms with Crippen LogP contribution in [0.3, 0.4) is 0 Å². The van der Waals surface area contributed by atoms with Gasteiger partial charge in [0, 0.05) is 30.7 Å². The van der Waals surface area contributed by atoms with Crippen molar-refractivity contribution in [2.75, 3.05) is 18.4 Å². The molecule has 1 aromatic rings. The molecule has 1 heterocycles. The fraction of sp³-hybridized carbons (Fsp3) is 0.556. The van der Waals surface area contributed by atoms with Gasteiger partial charge >= 0.3 is 0 Å². The van der Waals surface area contributed by atoms with Crippen molar-refractivity contribution in [2.45, 2.75) is 44.6 Å². The van der Waals surface area contributed by atoms with Gasteiger partial charge in [0.2, 0.25) is 11.8 Å². The molecule has 0 unspecified atom stereocenters. The van der Waals surface area contributed by atoms with Gasteiger partial charge in [-0.3, -0.25) is 9.59 Å². The number of carbonyl (C=O) groups is 2. The highest BCUT2D eigenvalue weighted by Gasteiger charge is 2.27. The lowest BCUT2D eigenvalue weighted by Crippen LogP contribution is -2.29. The Morgan fingerprint density at radius 3 is 2.43 bits per heavy atom. The van der Waals surface area contributed by atoms with Gasteiger partial charge in [0.25, 0.3) is 0 Å². The van der Waals surface area contributed by atoms with Crippen LogP contribution in [-0.2, 0) is 16.0 Å². The molecule has 0 aromatic heterocycles. The Morgan fingerprint density at radius 1 is 1.13 bits per heavy atom. The van der Waals surface area contributed by atoms with Gasteiger partial charge in [0.15, 0.2) is 0 Å². The lowest BCUT2D eigenvalue weighted by Gasteiger charge is -2.15. The number of rotatable bonds is 4. The molecular formula is C18H25N3O2. The second-order valence-corrected chi connectivity index (χ2v) is 6.72. The molecule has 0 spiro atoms. The highest BCUT2D eigenvalue weighted by Crippen LogP contribution is 2.25. The zero-order chi connectivity index (χ0) is 16.2. The highest BCUT2D eigenvalue weighted by atomic mass is 16.2. The minimum absolute atomic E-state index is 0.0291. The Hall–Kier alpha value is -1.88. The average molecular weight is 315 g/mol. The first-order valence-electron chi connectivity index (χ1n) is 8.55. The molecule has 3 rings (SSSR count). The Balaban J connectivity index is 1.52. The summed E-state index contributed by atoms with van der Waals surface area (Å²) in [5.41, 5.74) is 7.63. The summed E-state index contributed by atoms with van der Waals surface area (Å²) in [5.74, 6) is 0.277. The minimum Gasteiger partial charge on any atom is -0.342 e. The van der Waals surface area contributed by atoms with Crippen LogP contribution in [0.5, 0.6) is 0 Å². The van der Waals surface area contributed by atoms with Gasteiger partial charge in [-0.1, -0.05) is 12.1 Å². The van der Waals surface area contributed by atoms with Crippen molar-refractivity contribution in [3.63, 3.8) is 0 Å². The third kappa shape index (κ3) is 4.10. The van der Waals surface area contributed by atoms with Crippen LogP contribution in [0, 0.1) is 5.92 Å². The summed E-state index contributed by atoms with van der Waals surface area (Å²) in [4.78, 5) is 26.2. The van der Waals surface area contributed by atoms with Crippen LogP contribution in [-0.4, -0.2) is 35.8 Å². The maximum absolute atomic E-state index is 12.2. The normalized spacial score (nSPS) is 24.0. The summed E-state index contributed by atoms with van der Waals surface area (Å²) in [7, 11) is 0. The van der Waals surface area contributed by atoms with Gasteiger partial charge < -0.3 is 16.0 Å². The van der Waals surface area contributed by atoms with E-state index in [9.17, 15) is 9.59 Å². The number of hydrogen-bond acceptors (Lipinski definition) is 3. The fourth-order valence-electron chi connectivity index (χ4n) is 3.46. The van der Waals surface area contributed by atoms with Gasteiger partial charge in [-0.05, 0) is 49.8 Å². The van der Waals surface area contributed by atoms with E-state index in [-0.39, 0.29) is 23.8 Å². The summed E-state index contributed by atoms with van der Waals surface area (Å²) < 4.78 is 0. The molecule has 5 nitrogen and oxygen atoms in total. The summed E-state index contributed by atoms with van der Waals surface area (Å²) >= 11 is 0. The molecule has 1 saturated heterocycles. The van der Waals surface area contributed by atoms with Gasteiger partial charge in [-0.15, -0.1) is 0 Å². The number of nitrogens with two attached hydrogens (primary N) is 1. The molecule has 124 valence electrons. The van der Waals surface area contributed by atoms with Crippen LogP contribution in [0.25, 0.3) is 0 Å². The molecule has 3 N–H and O–H groups in total. The standard InChI is InChI=1S/C18H25N3O2/c19-15-6-5-14(12-15)18(23)20-16-7-3-13(4-8-16)11-17(22)21-9-1-2-10-21/h3-4,7-8,14-15H,1-2,5-6,9-12,19H2,(H,20,23)/t14-,15+/m0/s1. The second-order valence-electron chi connectivity index (χ2n) is 6.72. The molecule has 1 saturated carbocycles. The molecule has 23 heavy (non-hydrogen) atoms. The maximum Gasteiger partial charge on any atom is 0.227 e. The van der Waals surface area contributed by atoms with Crippen molar-refractivity contribution in [1.29, 1.82) is 0 Å². The van der Waals surface area contributed by atoms with Gasteiger partial charge in [0.05, 0.1) is 6.42 Å². The Kier molecular flexibility index (Phi) is 4.96. The second kappa shape index (κ2) is 7.13. The SMILES string of the molecule is N[C@@H]1CC[C@H](C(=O)Nc2ccc(CC(=O)N3CCCC3)cc2)C1. The number of benzene rings is 1. The lowest BCUT2D eigenvalue weighted by atomic mass is 10.1. The Morgan fingerprint density at radius 2 is 1.83 bits per heavy atom. The zero-order valence-corrected chi connectivity index (χ0v) is 13.5.